The van der Waals surface area contributed by atoms with Crippen LogP contribution in [0.25, 0.3) is 11.0 Å². The average Bonchev–Trinajstić information content (AvgIpc) is 2.82. The molecule has 0 N–H and O–H groups in total. The minimum absolute atomic E-state index is 0.0358. The summed E-state index contributed by atoms with van der Waals surface area (Å²) in [5.41, 5.74) is -1.95. The largest absolute Gasteiger partial charge is 0.454 e. The van der Waals surface area contributed by atoms with E-state index < -0.39 is 23.0 Å². The van der Waals surface area contributed by atoms with Crippen molar-refractivity contribution < 1.29 is 27.4 Å². The number of alkyl halides is 3. The Kier molecular flexibility index (Phi) is 6.98. The Hall–Kier alpha value is -3.25. The van der Waals surface area contributed by atoms with Gasteiger partial charge in [0, 0.05) is 26.4 Å². The van der Waals surface area contributed by atoms with Crippen LogP contribution in [-0.2, 0) is 29.2 Å². The average molecular weight is 480 g/mol. The molecule has 1 saturated heterocycles. The summed E-state index contributed by atoms with van der Waals surface area (Å²) >= 11 is 0. The molecule has 3 aromatic rings. The molecule has 182 valence electrons. The molecule has 34 heavy (non-hydrogen) atoms. The van der Waals surface area contributed by atoms with Crippen molar-refractivity contribution in [2.75, 3.05) is 13.2 Å². The third-order valence-corrected chi connectivity index (χ3v) is 5.40. The predicted octanol–water partition coefficient (Wildman–Crippen LogP) is 3.23. The number of hydrogen-bond donors (Lipinski definition) is 0. The highest BCUT2D eigenvalue weighted by Gasteiger charge is 2.31. The zero-order valence-electron chi connectivity index (χ0n) is 18.4. The topological polar surface area (TPSA) is 97.5 Å². The Morgan fingerprint density at radius 3 is 2.68 bits per heavy atom. The molecule has 0 aliphatic carbocycles. The molecule has 1 aliphatic heterocycles. The van der Waals surface area contributed by atoms with Gasteiger partial charge in [-0.3, -0.25) is 18.9 Å². The van der Waals surface area contributed by atoms with Gasteiger partial charge in [0.1, 0.15) is 17.1 Å². The van der Waals surface area contributed by atoms with E-state index in [2.05, 4.69) is 9.97 Å². The molecule has 0 radical (unpaired) electrons. The smallest absolute Gasteiger partial charge is 0.418 e. The quantitative estimate of drug-likeness (QED) is 0.479. The fourth-order valence-corrected chi connectivity index (χ4v) is 3.67. The number of hydrogen-bond acceptors (Lipinski definition) is 7. The molecule has 0 bridgehead atoms. The van der Waals surface area contributed by atoms with E-state index in [-0.39, 0.29) is 35.4 Å². The van der Waals surface area contributed by atoms with Crippen LogP contribution in [0.5, 0.6) is 11.5 Å². The molecule has 0 saturated carbocycles. The number of ether oxygens (including phenoxy) is 3. The van der Waals surface area contributed by atoms with Crippen LogP contribution in [-0.4, -0.2) is 38.6 Å². The lowest BCUT2D eigenvalue weighted by atomic mass is 10.2. The van der Waals surface area contributed by atoms with Gasteiger partial charge in [-0.1, -0.05) is 0 Å². The first-order valence-corrected chi connectivity index (χ1v) is 10.8. The van der Waals surface area contributed by atoms with Crippen LogP contribution in [0.3, 0.4) is 0 Å². The first kappa shape index (κ1) is 23.9. The van der Waals surface area contributed by atoms with Crippen molar-refractivity contribution in [1.29, 1.82) is 0 Å². The lowest BCUT2D eigenvalue weighted by Crippen LogP contribution is -2.39. The number of nitrogens with zero attached hydrogens (tertiary/aromatic N) is 4. The van der Waals surface area contributed by atoms with E-state index in [1.807, 2.05) is 0 Å². The van der Waals surface area contributed by atoms with Gasteiger partial charge in [0.05, 0.1) is 30.0 Å². The predicted molar refractivity (Wildman–Crippen MR) is 115 cm³/mol. The van der Waals surface area contributed by atoms with Gasteiger partial charge in [0.2, 0.25) is 0 Å². The summed E-state index contributed by atoms with van der Waals surface area (Å²) in [7, 11) is 1.48. The zero-order chi connectivity index (χ0) is 24.3. The summed E-state index contributed by atoms with van der Waals surface area (Å²) < 4.78 is 57.7. The van der Waals surface area contributed by atoms with Gasteiger partial charge in [-0.25, -0.2) is 9.78 Å². The molecule has 9 nitrogen and oxygen atoms in total. The summed E-state index contributed by atoms with van der Waals surface area (Å²) in [6.45, 7) is 1.10. The number of aromatic nitrogens is 4. The van der Waals surface area contributed by atoms with E-state index in [4.69, 9.17) is 14.2 Å². The second-order valence-electron chi connectivity index (χ2n) is 7.87. The van der Waals surface area contributed by atoms with Gasteiger partial charge in [-0.05, 0) is 37.8 Å². The van der Waals surface area contributed by atoms with Crippen LogP contribution in [0.1, 0.15) is 31.2 Å². The second kappa shape index (κ2) is 9.94. The van der Waals surface area contributed by atoms with Crippen molar-refractivity contribution in [3.05, 3.63) is 57.1 Å². The third-order valence-electron chi connectivity index (χ3n) is 5.40. The van der Waals surface area contributed by atoms with Crippen LogP contribution in [0, 0.1) is 0 Å². The zero-order valence-corrected chi connectivity index (χ0v) is 18.4. The van der Waals surface area contributed by atoms with E-state index in [0.29, 0.717) is 25.8 Å². The minimum Gasteiger partial charge on any atom is -0.454 e. The lowest BCUT2D eigenvalue weighted by Gasteiger charge is -2.22. The molecule has 1 aliphatic rings. The van der Waals surface area contributed by atoms with Gasteiger partial charge in [0.15, 0.2) is 6.29 Å². The maximum absolute atomic E-state index is 13.0. The van der Waals surface area contributed by atoms with Crippen LogP contribution in [0.2, 0.25) is 0 Å². The Bertz CT molecular complexity index is 1280. The highest BCUT2D eigenvalue weighted by atomic mass is 19.4. The number of aryl methyl sites for hydroxylation is 1. The number of halogens is 3. The Labute approximate surface area is 191 Å². The van der Waals surface area contributed by atoms with Crippen LogP contribution >= 0.6 is 0 Å². The second-order valence-corrected chi connectivity index (χ2v) is 7.87. The minimum atomic E-state index is -4.58. The third kappa shape index (κ3) is 5.28. The molecule has 4 rings (SSSR count). The van der Waals surface area contributed by atoms with E-state index in [9.17, 15) is 22.8 Å². The van der Waals surface area contributed by atoms with Crippen molar-refractivity contribution in [3.63, 3.8) is 0 Å². The van der Waals surface area contributed by atoms with Gasteiger partial charge < -0.3 is 14.2 Å². The molecule has 3 aromatic heterocycles. The standard InChI is InChI=1S/C22H23F3N4O5/c1-28-19-17(10-16(13-27-19)34-15-9-14(11-26-12-15)22(23,24)25)20(30)29(21(28)31)6-4-8-33-18-5-2-3-7-32-18/h9-13,18H,2-8H2,1H3. The lowest BCUT2D eigenvalue weighted by molar-refractivity contribution is -0.163. The summed E-state index contributed by atoms with van der Waals surface area (Å²) in [6.07, 6.45) is 1.46. The Morgan fingerprint density at radius 1 is 1.15 bits per heavy atom. The number of fused-ring (bicyclic) bond motifs is 1. The van der Waals surface area contributed by atoms with E-state index in [1.165, 1.54) is 23.9 Å². The molecule has 0 amide bonds. The monoisotopic (exact) mass is 480 g/mol. The number of rotatable bonds is 7. The molecule has 1 fully saturated rings. The Balaban J connectivity index is 1.54. The number of pyridine rings is 2. The van der Waals surface area contributed by atoms with Crippen LogP contribution in [0.15, 0.2) is 40.3 Å². The fraction of sp³-hybridized carbons (Fsp3) is 0.455. The van der Waals surface area contributed by atoms with E-state index in [1.54, 1.807) is 0 Å². The molecule has 4 heterocycles. The van der Waals surface area contributed by atoms with Crippen molar-refractivity contribution >= 4 is 11.0 Å². The summed E-state index contributed by atoms with van der Waals surface area (Å²) in [4.78, 5) is 33.4. The fourth-order valence-electron chi connectivity index (χ4n) is 3.67. The molecule has 1 atom stereocenters. The van der Waals surface area contributed by atoms with Crippen molar-refractivity contribution in [2.24, 2.45) is 7.05 Å². The van der Waals surface area contributed by atoms with Crippen LogP contribution in [0.4, 0.5) is 13.2 Å². The molecule has 1 unspecified atom stereocenters. The maximum atomic E-state index is 13.0. The van der Waals surface area contributed by atoms with E-state index >= 15 is 0 Å². The molecule has 0 spiro atoms. The molecule has 12 heteroatoms. The van der Waals surface area contributed by atoms with Crippen LogP contribution < -0.4 is 16.0 Å². The van der Waals surface area contributed by atoms with Gasteiger partial charge >= 0.3 is 11.9 Å². The summed E-state index contributed by atoms with van der Waals surface area (Å²) in [5.74, 6) is -0.128. The van der Waals surface area contributed by atoms with Gasteiger partial charge in [0.25, 0.3) is 5.56 Å². The van der Waals surface area contributed by atoms with Gasteiger partial charge in [-0.2, -0.15) is 13.2 Å². The van der Waals surface area contributed by atoms with Crippen molar-refractivity contribution in [1.82, 2.24) is 19.1 Å². The van der Waals surface area contributed by atoms with Crippen molar-refractivity contribution in [3.8, 4) is 11.5 Å². The van der Waals surface area contributed by atoms with E-state index in [0.717, 1.165) is 36.1 Å². The van der Waals surface area contributed by atoms with Gasteiger partial charge in [-0.15, -0.1) is 0 Å². The molecular weight excluding hydrogens is 457 g/mol. The summed E-state index contributed by atoms with van der Waals surface area (Å²) in [5, 5.41) is 0.0936. The SMILES string of the molecule is Cn1c(=O)n(CCCOC2CCCCO2)c(=O)c2cc(Oc3cncc(C(F)(F)F)c3)cnc21. The normalized spacial score (nSPS) is 16.6. The summed E-state index contributed by atoms with van der Waals surface area (Å²) in [6, 6.07) is 2.14. The maximum Gasteiger partial charge on any atom is 0.418 e. The molecule has 0 aromatic carbocycles. The highest BCUT2D eigenvalue weighted by molar-refractivity contribution is 5.75. The molecular formula is C22H23F3N4O5. The van der Waals surface area contributed by atoms with Crippen molar-refractivity contribution in [2.45, 2.75) is 44.7 Å². The highest BCUT2D eigenvalue weighted by Crippen LogP contribution is 2.32. The Morgan fingerprint density at radius 2 is 1.94 bits per heavy atom. The first-order chi connectivity index (χ1) is 16.2. The first-order valence-electron chi connectivity index (χ1n) is 10.8.